The molecule has 0 aromatic heterocycles. The zero-order valence-corrected chi connectivity index (χ0v) is 5.24. The molecule has 1 rings (SSSR count). The summed E-state index contributed by atoms with van der Waals surface area (Å²) in [5.41, 5.74) is 0. The lowest BCUT2D eigenvalue weighted by molar-refractivity contribution is 0.173. The summed E-state index contributed by atoms with van der Waals surface area (Å²) in [6.45, 7) is 0. The third-order valence-electron chi connectivity index (χ3n) is 1.53. The molecule has 1 saturated heterocycles. The third-order valence-corrected chi connectivity index (χ3v) is 1.53. The van der Waals surface area contributed by atoms with Gasteiger partial charge in [0.05, 0.1) is 0 Å². The van der Waals surface area contributed by atoms with E-state index in [1.54, 1.807) is 0 Å². The van der Waals surface area contributed by atoms with Crippen molar-refractivity contribution in [2.75, 3.05) is 0 Å². The maximum atomic E-state index is 12.3. The summed E-state index contributed by atoms with van der Waals surface area (Å²) in [5, 5.41) is 2.21. The average Bonchev–Trinajstić information content (AvgIpc) is 1.93. The van der Waals surface area contributed by atoms with Crippen LogP contribution in [0.15, 0.2) is 0 Å². The van der Waals surface area contributed by atoms with Gasteiger partial charge in [-0.05, 0) is 25.7 Å². The van der Waals surface area contributed by atoms with Gasteiger partial charge in [-0.15, -0.1) is 0 Å². The van der Waals surface area contributed by atoms with E-state index in [0.717, 1.165) is 12.8 Å². The minimum atomic E-state index is -1.12. The second kappa shape index (κ2) is 3.11. The Morgan fingerprint density at radius 1 is 1.00 bits per heavy atom. The fraction of sp³-hybridized carbons (Fsp3) is 1.00. The van der Waals surface area contributed by atoms with Crippen LogP contribution in [0.25, 0.3) is 0 Å². The number of rotatable bonds is 0. The van der Waals surface area contributed by atoms with Crippen LogP contribution in [0.2, 0.25) is 0 Å². The molecule has 1 aliphatic heterocycles. The standard InChI is InChI=1S/C6H11F2N/c7-5-3-1-2-4-6(8)9-5/h5-6,9H,1-4H2. The molecule has 1 nitrogen and oxygen atoms in total. The van der Waals surface area contributed by atoms with Gasteiger partial charge in [-0.1, -0.05) is 0 Å². The van der Waals surface area contributed by atoms with Gasteiger partial charge in [-0.3, -0.25) is 5.32 Å². The van der Waals surface area contributed by atoms with E-state index in [0.29, 0.717) is 12.8 Å². The number of hydrogen-bond acceptors (Lipinski definition) is 1. The third kappa shape index (κ3) is 2.26. The van der Waals surface area contributed by atoms with Gasteiger partial charge in [0.25, 0.3) is 0 Å². The van der Waals surface area contributed by atoms with Gasteiger partial charge in [0.15, 0.2) is 12.6 Å². The monoisotopic (exact) mass is 135 g/mol. The van der Waals surface area contributed by atoms with Crippen molar-refractivity contribution in [3.05, 3.63) is 0 Å². The molecule has 0 amide bonds. The average molecular weight is 135 g/mol. The van der Waals surface area contributed by atoms with E-state index in [1.165, 1.54) is 0 Å². The zero-order valence-electron chi connectivity index (χ0n) is 5.24. The summed E-state index contributed by atoms with van der Waals surface area (Å²) in [6.07, 6.45) is 0.272. The molecule has 0 aliphatic carbocycles. The van der Waals surface area contributed by atoms with Gasteiger partial charge in [0.1, 0.15) is 0 Å². The van der Waals surface area contributed by atoms with Gasteiger partial charge in [0.2, 0.25) is 0 Å². The van der Waals surface area contributed by atoms with Crippen LogP contribution in [0.3, 0.4) is 0 Å². The van der Waals surface area contributed by atoms with Crippen molar-refractivity contribution in [1.29, 1.82) is 0 Å². The lowest BCUT2D eigenvalue weighted by Crippen LogP contribution is -2.30. The summed E-state index contributed by atoms with van der Waals surface area (Å²) < 4.78 is 24.7. The molecule has 3 heteroatoms. The van der Waals surface area contributed by atoms with Gasteiger partial charge in [-0.2, -0.15) is 0 Å². The second-order valence-electron chi connectivity index (χ2n) is 2.39. The Morgan fingerprint density at radius 2 is 1.44 bits per heavy atom. The fourth-order valence-corrected chi connectivity index (χ4v) is 1.01. The van der Waals surface area contributed by atoms with E-state index in [2.05, 4.69) is 5.32 Å². The number of nitrogens with one attached hydrogen (secondary N) is 1. The maximum absolute atomic E-state index is 12.3. The molecule has 0 bridgehead atoms. The second-order valence-corrected chi connectivity index (χ2v) is 2.39. The predicted molar refractivity (Wildman–Crippen MR) is 31.4 cm³/mol. The predicted octanol–water partition coefficient (Wildman–Crippen LogP) is 1.74. The van der Waals surface area contributed by atoms with Crippen LogP contribution in [-0.2, 0) is 0 Å². The van der Waals surface area contributed by atoms with E-state index in [9.17, 15) is 8.78 Å². The molecule has 1 N–H and O–H groups in total. The van der Waals surface area contributed by atoms with E-state index < -0.39 is 12.6 Å². The molecule has 2 unspecified atom stereocenters. The van der Waals surface area contributed by atoms with Crippen LogP contribution < -0.4 is 5.32 Å². The fourth-order valence-electron chi connectivity index (χ4n) is 1.01. The first-order valence-electron chi connectivity index (χ1n) is 3.33. The Labute approximate surface area is 53.4 Å². The molecular weight excluding hydrogens is 124 g/mol. The van der Waals surface area contributed by atoms with Crippen molar-refractivity contribution in [3.8, 4) is 0 Å². The normalized spacial score (nSPS) is 38.0. The first-order chi connectivity index (χ1) is 4.29. The Kier molecular flexibility index (Phi) is 2.39. The van der Waals surface area contributed by atoms with Crippen LogP contribution in [-0.4, -0.2) is 12.6 Å². The van der Waals surface area contributed by atoms with Crippen molar-refractivity contribution in [3.63, 3.8) is 0 Å². The quantitative estimate of drug-likeness (QED) is 0.499. The summed E-state index contributed by atoms with van der Waals surface area (Å²) in [7, 11) is 0. The highest BCUT2D eigenvalue weighted by Gasteiger charge is 2.16. The van der Waals surface area contributed by atoms with Crippen LogP contribution in [0.4, 0.5) is 8.78 Å². The zero-order chi connectivity index (χ0) is 6.69. The Bertz CT molecular complexity index is 77.1. The topological polar surface area (TPSA) is 12.0 Å². The van der Waals surface area contributed by atoms with E-state index in [4.69, 9.17) is 0 Å². The largest absolute Gasteiger partial charge is 0.258 e. The molecule has 0 saturated carbocycles. The summed E-state index contributed by atoms with van der Waals surface area (Å²) in [6, 6.07) is 0. The minimum absolute atomic E-state index is 0.459. The van der Waals surface area contributed by atoms with Gasteiger partial charge < -0.3 is 0 Å². The lowest BCUT2D eigenvalue weighted by Gasteiger charge is -2.07. The van der Waals surface area contributed by atoms with Crippen molar-refractivity contribution in [2.45, 2.75) is 38.3 Å². The van der Waals surface area contributed by atoms with Crippen molar-refractivity contribution < 1.29 is 8.78 Å². The smallest absolute Gasteiger partial charge is 0.153 e. The van der Waals surface area contributed by atoms with Crippen molar-refractivity contribution in [2.24, 2.45) is 0 Å². The van der Waals surface area contributed by atoms with E-state index >= 15 is 0 Å². The Hall–Kier alpha value is -0.180. The molecule has 0 spiro atoms. The minimum Gasteiger partial charge on any atom is -0.258 e. The first-order valence-corrected chi connectivity index (χ1v) is 3.33. The molecule has 9 heavy (non-hydrogen) atoms. The maximum Gasteiger partial charge on any atom is 0.153 e. The van der Waals surface area contributed by atoms with E-state index in [1.807, 2.05) is 0 Å². The highest BCUT2D eigenvalue weighted by molar-refractivity contribution is 4.64. The number of alkyl halides is 2. The van der Waals surface area contributed by atoms with Crippen LogP contribution in [0.5, 0.6) is 0 Å². The molecule has 54 valence electrons. The molecule has 1 aliphatic rings. The number of hydrogen-bond donors (Lipinski definition) is 1. The lowest BCUT2D eigenvalue weighted by atomic mass is 10.2. The molecule has 0 aromatic carbocycles. The number of halogens is 2. The van der Waals surface area contributed by atoms with Crippen molar-refractivity contribution >= 4 is 0 Å². The molecule has 1 fully saturated rings. The summed E-state index contributed by atoms with van der Waals surface area (Å²) in [5.74, 6) is 0. The Morgan fingerprint density at radius 3 is 1.89 bits per heavy atom. The highest BCUT2D eigenvalue weighted by Crippen LogP contribution is 2.13. The molecule has 0 aromatic rings. The molecular formula is C6H11F2N. The summed E-state index contributed by atoms with van der Waals surface area (Å²) >= 11 is 0. The first kappa shape index (κ1) is 6.93. The summed E-state index contributed by atoms with van der Waals surface area (Å²) in [4.78, 5) is 0. The van der Waals surface area contributed by atoms with Crippen LogP contribution in [0, 0.1) is 0 Å². The van der Waals surface area contributed by atoms with Crippen LogP contribution >= 0.6 is 0 Å². The molecule has 1 heterocycles. The van der Waals surface area contributed by atoms with Gasteiger partial charge in [0, 0.05) is 0 Å². The SMILES string of the molecule is FC1CCCCC(F)N1. The highest BCUT2D eigenvalue weighted by atomic mass is 19.2. The van der Waals surface area contributed by atoms with Crippen LogP contribution in [0.1, 0.15) is 25.7 Å². The van der Waals surface area contributed by atoms with Gasteiger partial charge in [-0.25, -0.2) is 8.78 Å². The molecule has 2 atom stereocenters. The van der Waals surface area contributed by atoms with Crippen molar-refractivity contribution in [1.82, 2.24) is 5.32 Å². The van der Waals surface area contributed by atoms with E-state index in [-0.39, 0.29) is 0 Å². The van der Waals surface area contributed by atoms with Gasteiger partial charge >= 0.3 is 0 Å². The molecule has 0 radical (unpaired) electrons. The Balaban J connectivity index is 2.29.